The summed E-state index contributed by atoms with van der Waals surface area (Å²) in [6, 6.07) is 0. The molecule has 0 aliphatic heterocycles. The van der Waals surface area contributed by atoms with E-state index in [1.165, 1.54) is 0 Å². The van der Waals surface area contributed by atoms with Crippen LogP contribution in [0.15, 0.2) is 0 Å². The van der Waals surface area contributed by atoms with Gasteiger partial charge in [-0.1, -0.05) is 32.6 Å². The molecule has 2 nitrogen and oxygen atoms in total. The number of unbranched alkanes of at least 4 members (excludes halogenated alkanes) is 3. The number of carbonyl (C=O) groups is 1. The highest BCUT2D eigenvalue weighted by molar-refractivity contribution is 6.49. The van der Waals surface area contributed by atoms with Gasteiger partial charge >= 0.3 is 5.97 Å². The molecule has 0 rings (SSSR count). The average Bonchev–Trinajstić information content (AvgIpc) is 1.95. The number of alkyl halides is 2. The molecule has 0 heterocycles. The maximum absolute atomic E-state index is 10.3. The monoisotopic (exact) mass is 226 g/mol. The molecule has 0 saturated heterocycles. The second-order valence-electron chi connectivity index (χ2n) is 3.24. The summed E-state index contributed by atoms with van der Waals surface area (Å²) in [5.41, 5.74) is 0. The predicted octanol–water partition coefficient (Wildman–Crippen LogP) is 3.61. The minimum Gasteiger partial charge on any atom is -0.481 e. The molecule has 0 atom stereocenters. The summed E-state index contributed by atoms with van der Waals surface area (Å²) in [6.07, 6.45) is 4.64. The molecular weight excluding hydrogens is 211 g/mol. The third-order valence-electron chi connectivity index (χ3n) is 1.81. The van der Waals surface area contributed by atoms with Crippen molar-refractivity contribution in [1.29, 1.82) is 0 Å². The molecule has 78 valence electrons. The number of carboxylic acids is 1. The van der Waals surface area contributed by atoms with Gasteiger partial charge in [-0.25, -0.2) is 0 Å². The lowest BCUT2D eigenvalue weighted by Gasteiger charge is -2.16. The van der Waals surface area contributed by atoms with Gasteiger partial charge in [0.1, 0.15) is 4.33 Å². The highest BCUT2D eigenvalue weighted by Gasteiger charge is 2.26. The Hall–Kier alpha value is 0.0500. The Kier molecular flexibility index (Phi) is 6.52. The van der Waals surface area contributed by atoms with Crippen molar-refractivity contribution >= 4 is 29.2 Å². The highest BCUT2D eigenvalue weighted by atomic mass is 35.5. The zero-order valence-corrected chi connectivity index (χ0v) is 9.37. The molecule has 0 radical (unpaired) electrons. The molecule has 0 saturated carbocycles. The van der Waals surface area contributed by atoms with Crippen LogP contribution >= 0.6 is 23.2 Å². The van der Waals surface area contributed by atoms with E-state index in [1.54, 1.807) is 0 Å². The van der Waals surface area contributed by atoms with Crippen LogP contribution in [0.25, 0.3) is 0 Å². The van der Waals surface area contributed by atoms with Gasteiger partial charge < -0.3 is 5.11 Å². The molecule has 0 aromatic carbocycles. The Morgan fingerprint density at radius 1 is 1.31 bits per heavy atom. The summed E-state index contributed by atoms with van der Waals surface area (Å²) in [5.74, 6) is -0.944. The number of hydrogen-bond acceptors (Lipinski definition) is 1. The molecule has 0 fully saturated rings. The molecule has 0 aromatic heterocycles. The third kappa shape index (κ3) is 8.38. The summed E-state index contributed by atoms with van der Waals surface area (Å²) in [6.45, 7) is 2.12. The molecule has 1 N–H and O–H groups in total. The van der Waals surface area contributed by atoms with Crippen molar-refractivity contribution in [3.05, 3.63) is 0 Å². The predicted molar refractivity (Wildman–Crippen MR) is 55.4 cm³/mol. The highest BCUT2D eigenvalue weighted by Crippen LogP contribution is 2.31. The SMILES string of the molecule is CCCCCCC(Cl)(Cl)CC(=O)O. The largest absolute Gasteiger partial charge is 0.481 e. The van der Waals surface area contributed by atoms with Gasteiger partial charge in [0, 0.05) is 0 Å². The van der Waals surface area contributed by atoms with Gasteiger partial charge in [-0.2, -0.15) is 0 Å². The van der Waals surface area contributed by atoms with E-state index in [1.807, 2.05) is 0 Å². The fraction of sp³-hybridized carbons (Fsp3) is 0.889. The quantitative estimate of drug-likeness (QED) is 0.532. The summed E-state index contributed by atoms with van der Waals surface area (Å²) in [5, 5.41) is 8.48. The van der Waals surface area contributed by atoms with E-state index in [0.29, 0.717) is 6.42 Å². The van der Waals surface area contributed by atoms with E-state index >= 15 is 0 Å². The van der Waals surface area contributed by atoms with Crippen LogP contribution in [0.2, 0.25) is 0 Å². The Morgan fingerprint density at radius 3 is 2.38 bits per heavy atom. The normalized spacial score (nSPS) is 11.6. The Morgan fingerprint density at radius 2 is 1.92 bits per heavy atom. The summed E-state index contributed by atoms with van der Waals surface area (Å²) in [7, 11) is 0. The number of carboxylic acid groups (broad SMARTS) is 1. The van der Waals surface area contributed by atoms with E-state index in [2.05, 4.69) is 6.92 Å². The molecule has 0 spiro atoms. The van der Waals surface area contributed by atoms with Crippen molar-refractivity contribution in [3.63, 3.8) is 0 Å². The smallest absolute Gasteiger partial charge is 0.306 e. The molecule has 0 aliphatic carbocycles. The molecule has 0 bridgehead atoms. The van der Waals surface area contributed by atoms with Crippen molar-refractivity contribution in [2.24, 2.45) is 0 Å². The zero-order chi connectivity index (χ0) is 10.3. The number of rotatable bonds is 7. The lowest BCUT2D eigenvalue weighted by atomic mass is 10.1. The van der Waals surface area contributed by atoms with Crippen LogP contribution in [0.3, 0.4) is 0 Å². The van der Waals surface area contributed by atoms with Crippen molar-refractivity contribution in [1.82, 2.24) is 0 Å². The number of aliphatic carboxylic acids is 1. The molecule has 0 amide bonds. The van der Waals surface area contributed by atoms with Crippen LogP contribution in [0, 0.1) is 0 Å². The molecule has 0 aromatic rings. The first-order valence-electron chi connectivity index (χ1n) is 4.57. The lowest BCUT2D eigenvalue weighted by Crippen LogP contribution is -2.17. The van der Waals surface area contributed by atoms with Gasteiger partial charge in [0.05, 0.1) is 6.42 Å². The maximum atomic E-state index is 10.3. The Labute approximate surface area is 89.2 Å². The van der Waals surface area contributed by atoms with E-state index < -0.39 is 10.3 Å². The van der Waals surface area contributed by atoms with Crippen LogP contribution in [0.1, 0.15) is 45.4 Å². The molecule has 0 aliphatic rings. The molecule has 13 heavy (non-hydrogen) atoms. The van der Waals surface area contributed by atoms with E-state index in [-0.39, 0.29) is 6.42 Å². The van der Waals surface area contributed by atoms with Crippen molar-refractivity contribution < 1.29 is 9.90 Å². The standard InChI is InChI=1S/C9H16Cl2O2/c1-2-3-4-5-6-9(10,11)7-8(12)13/h2-7H2,1H3,(H,12,13). The molecule has 4 heteroatoms. The topological polar surface area (TPSA) is 37.3 Å². The number of halogens is 2. The zero-order valence-electron chi connectivity index (χ0n) is 7.85. The summed E-state index contributed by atoms with van der Waals surface area (Å²) < 4.78 is -1.08. The van der Waals surface area contributed by atoms with Gasteiger partial charge in [-0.3, -0.25) is 4.79 Å². The second kappa shape index (κ2) is 6.50. The van der Waals surface area contributed by atoms with Gasteiger partial charge in [-0.05, 0) is 6.42 Å². The lowest BCUT2D eigenvalue weighted by molar-refractivity contribution is -0.137. The summed E-state index contributed by atoms with van der Waals surface area (Å²) in [4.78, 5) is 10.3. The van der Waals surface area contributed by atoms with Crippen LogP contribution in [0.4, 0.5) is 0 Å². The second-order valence-corrected chi connectivity index (χ2v) is 4.88. The summed E-state index contributed by atoms with van der Waals surface area (Å²) >= 11 is 11.6. The van der Waals surface area contributed by atoms with E-state index in [4.69, 9.17) is 28.3 Å². The van der Waals surface area contributed by atoms with E-state index in [9.17, 15) is 4.79 Å². The Bertz CT molecular complexity index is 158. The van der Waals surface area contributed by atoms with Crippen LogP contribution in [0.5, 0.6) is 0 Å². The van der Waals surface area contributed by atoms with Crippen molar-refractivity contribution in [2.45, 2.75) is 49.8 Å². The van der Waals surface area contributed by atoms with Crippen molar-refractivity contribution in [3.8, 4) is 0 Å². The van der Waals surface area contributed by atoms with Crippen LogP contribution < -0.4 is 0 Å². The first-order chi connectivity index (χ1) is 5.98. The fourth-order valence-electron chi connectivity index (χ4n) is 1.12. The van der Waals surface area contributed by atoms with Gasteiger partial charge in [0.15, 0.2) is 0 Å². The molecular formula is C9H16Cl2O2. The Balaban J connectivity index is 3.56. The van der Waals surface area contributed by atoms with Gasteiger partial charge in [0.2, 0.25) is 0 Å². The van der Waals surface area contributed by atoms with Crippen LogP contribution in [-0.4, -0.2) is 15.4 Å². The van der Waals surface area contributed by atoms with Crippen LogP contribution in [-0.2, 0) is 4.79 Å². The first kappa shape index (κ1) is 13.1. The fourth-order valence-corrected chi connectivity index (χ4v) is 1.62. The maximum Gasteiger partial charge on any atom is 0.306 e. The third-order valence-corrected chi connectivity index (χ3v) is 2.45. The minimum atomic E-state index is -1.08. The van der Waals surface area contributed by atoms with Gasteiger partial charge in [0.25, 0.3) is 0 Å². The van der Waals surface area contributed by atoms with Crippen molar-refractivity contribution in [2.75, 3.05) is 0 Å². The van der Waals surface area contributed by atoms with E-state index in [0.717, 1.165) is 25.7 Å². The number of hydrogen-bond donors (Lipinski definition) is 1. The molecule has 0 unspecified atom stereocenters. The first-order valence-corrected chi connectivity index (χ1v) is 5.33. The average molecular weight is 227 g/mol. The van der Waals surface area contributed by atoms with Gasteiger partial charge in [-0.15, -0.1) is 23.2 Å². The minimum absolute atomic E-state index is 0.178.